The minimum Gasteiger partial charge on any atom is -0.480 e. The molecule has 14 N–H and O–H groups in total. The fraction of sp³-hybridized carbons (Fsp3) is 0.682. The number of nitrogens with one attached hydrogen (secondary N) is 4. The Bertz CT molecular complexity index is 930. The maximum atomic E-state index is 12.9. The maximum absolute atomic E-state index is 12.9. The van der Waals surface area contributed by atoms with E-state index in [4.69, 9.17) is 22.9 Å². The number of amides is 5. The molecule has 0 saturated heterocycles. The molecule has 228 valence electrons. The lowest BCUT2D eigenvalue weighted by Gasteiger charge is -2.27. The van der Waals surface area contributed by atoms with Crippen LogP contribution < -0.4 is 44.2 Å². The summed E-state index contributed by atoms with van der Waals surface area (Å²) >= 11 is 3.91. The number of rotatable bonds is 19. The van der Waals surface area contributed by atoms with Gasteiger partial charge in [0.1, 0.15) is 24.2 Å². The standard InChI is InChI=1S/C22H41N9O8S/c1-10(2)16(20(37)29-13(21(38)39)4-3-7-27-22(25)26)31-19(36)14(8-32)30-18(35)12(5-6-15(24)33)28-17(34)11(23)9-40/h10-14,16,32,40H,3-9,23H2,1-2H3,(H2,24,33)(H,28,34)(H,29,37)(H,30,35)(H,31,36)(H,38,39)(H4,25,26,27)/t11-,12-,13-,14-,16-/m0/s1. The molecule has 0 spiro atoms. The van der Waals surface area contributed by atoms with Crippen LogP contribution in [0.25, 0.3) is 0 Å². The Morgan fingerprint density at radius 2 is 1.38 bits per heavy atom. The molecule has 0 radical (unpaired) electrons. The minimum absolute atomic E-state index is 0.00122. The minimum atomic E-state index is -1.57. The van der Waals surface area contributed by atoms with Crippen molar-refractivity contribution in [3.05, 3.63) is 0 Å². The second-order valence-electron chi connectivity index (χ2n) is 9.18. The smallest absolute Gasteiger partial charge is 0.326 e. The van der Waals surface area contributed by atoms with Crippen LogP contribution in [0.15, 0.2) is 4.99 Å². The van der Waals surface area contributed by atoms with Gasteiger partial charge in [0.2, 0.25) is 29.5 Å². The zero-order valence-corrected chi connectivity index (χ0v) is 23.4. The summed E-state index contributed by atoms with van der Waals surface area (Å²) in [6.45, 7) is 2.43. The fourth-order valence-electron chi connectivity index (χ4n) is 3.19. The van der Waals surface area contributed by atoms with Crippen LogP contribution in [0.1, 0.15) is 39.5 Å². The molecule has 40 heavy (non-hydrogen) atoms. The Hall–Kier alpha value is -3.64. The molecule has 0 heterocycles. The van der Waals surface area contributed by atoms with Crippen molar-refractivity contribution in [3.63, 3.8) is 0 Å². The Kier molecular flexibility index (Phi) is 16.9. The van der Waals surface area contributed by atoms with Crippen molar-refractivity contribution in [2.45, 2.75) is 69.7 Å². The van der Waals surface area contributed by atoms with E-state index in [1.165, 1.54) is 0 Å². The number of nitrogens with zero attached hydrogens (tertiary/aromatic N) is 1. The van der Waals surface area contributed by atoms with Crippen molar-refractivity contribution in [2.75, 3.05) is 18.9 Å². The van der Waals surface area contributed by atoms with Gasteiger partial charge in [-0.25, -0.2) is 4.79 Å². The van der Waals surface area contributed by atoms with Crippen LogP contribution in [-0.2, 0) is 28.8 Å². The summed E-state index contributed by atoms with van der Waals surface area (Å²) in [6, 6.07) is -6.49. The Morgan fingerprint density at radius 1 is 0.825 bits per heavy atom. The molecule has 0 aliphatic heterocycles. The van der Waals surface area contributed by atoms with Gasteiger partial charge in [0, 0.05) is 18.7 Å². The molecule has 0 aromatic rings. The van der Waals surface area contributed by atoms with E-state index in [1.54, 1.807) is 13.8 Å². The SMILES string of the molecule is CC(C)[C@H](NC(=O)[C@H](CO)NC(=O)[C@H](CCC(N)=O)NC(=O)[C@@H](N)CS)C(=O)N[C@@H](CCCN=C(N)N)C(=O)O. The number of nitrogens with two attached hydrogens (primary N) is 4. The molecule has 0 aromatic heterocycles. The molecule has 0 unspecified atom stereocenters. The van der Waals surface area contributed by atoms with Crippen LogP contribution >= 0.6 is 12.6 Å². The lowest BCUT2D eigenvalue weighted by Crippen LogP contribution is -2.60. The lowest BCUT2D eigenvalue weighted by molar-refractivity contribution is -0.143. The van der Waals surface area contributed by atoms with Gasteiger partial charge >= 0.3 is 5.97 Å². The topological polar surface area (TPSA) is 307 Å². The quantitative estimate of drug-likeness (QED) is 0.0293. The number of carbonyl (C=O) groups excluding carboxylic acids is 5. The Labute approximate surface area is 237 Å². The molecule has 0 saturated carbocycles. The van der Waals surface area contributed by atoms with Gasteiger partial charge in [0.15, 0.2) is 5.96 Å². The summed E-state index contributed by atoms with van der Waals surface area (Å²) in [6.07, 6.45) is -0.250. The van der Waals surface area contributed by atoms with Crippen LogP contribution in [-0.4, -0.2) is 101 Å². The highest BCUT2D eigenvalue weighted by molar-refractivity contribution is 7.80. The Morgan fingerprint density at radius 3 is 1.85 bits per heavy atom. The van der Waals surface area contributed by atoms with E-state index in [-0.39, 0.29) is 43.9 Å². The summed E-state index contributed by atoms with van der Waals surface area (Å²) in [5.41, 5.74) is 21.2. The number of aliphatic carboxylic acids is 1. The summed E-state index contributed by atoms with van der Waals surface area (Å²) < 4.78 is 0. The summed E-state index contributed by atoms with van der Waals surface area (Å²) in [5.74, 6) is -6.22. The summed E-state index contributed by atoms with van der Waals surface area (Å²) in [5, 5.41) is 28.5. The third-order valence-electron chi connectivity index (χ3n) is 5.47. The van der Waals surface area contributed by atoms with Gasteiger partial charge in [-0.1, -0.05) is 13.8 Å². The predicted molar refractivity (Wildman–Crippen MR) is 147 cm³/mol. The van der Waals surface area contributed by atoms with E-state index in [0.29, 0.717) is 0 Å². The number of aliphatic imine (C=N–C) groups is 1. The average molecular weight is 592 g/mol. The average Bonchev–Trinajstić information content (AvgIpc) is 2.87. The zero-order chi connectivity index (χ0) is 31.0. The van der Waals surface area contributed by atoms with Gasteiger partial charge < -0.3 is 54.4 Å². The number of aliphatic hydroxyl groups excluding tert-OH is 1. The number of guanidine groups is 1. The molecule has 0 fully saturated rings. The van der Waals surface area contributed by atoms with E-state index in [0.717, 1.165) is 0 Å². The van der Waals surface area contributed by atoms with Crippen molar-refractivity contribution in [3.8, 4) is 0 Å². The normalized spacial score (nSPS) is 14.6. The molecule has 5 atom stereocenters. The number of hydrogen-bond donors (Lipinski definition) is 11. The number of thiol groups is 1. The van der Waals surface area contributed by atoms with Crippen molar-refractivity contribution >= 4 is 54.1 Å². The van der Waals surface area contributed by atoms with Gasteiger partial charge in [-0.2, -0.15) is 12.6 Å². The number of primary amides is 1. The summed E-state index contributed by atoms with van der Waals surface area (Å²) in [4.78, 5) is 77.3. The molecule has 0 aliphatic carbocycles. The summed E-state index contributed by atoms with van der Waals surface area (Å²) in [7, 11) is 0. The van der Waals surface area contributed by atoms with Crippen LogP contribution in [0.5, 0.6) is 0 Å². The largest absolute Gasteiger partial charge is 0.480 e. The molecule has 17 nitrogen and oxygen atoms in total. The third-order valence-corrected chi connectivity index (χ3v) is 5.86. The van der Waals surface area contributed by atoms with Crippen molar-refractivity contribution in [1.29, 1.82) is 0 Å². The molecule has 0 bridgehead atoms. The second-order valence-corrected chi connectivity index (χ2v) is 9.54. The van der Waals surface area contributed by atoms with Crippen LogP contribution in [0.4, 0.5) is 0 Å². The number of carboxylic acid groups (broad SMARTS) is 1. The molecule has 5 amide bonds. The highest BCUT2D eigenvalue weighted by atomic mass is 32.1. The van der Waals surface area contributed by atoms with E-state index >= 15 is 0 Å². The fourth-order valence-corrected chi connectivity index (χ4v) is 3.36. The number of carboxylic acids is 1. The first-order valence-electron chi connectivity index (χ1n) is 12.4. The molecular weight excluding hydrogens is 550 g/mol. The van der Waals surface area contributed by atoms with E-state index in [1.807, 2.05) is 0 Å². The highest BCUT2D eigenvalue weighted by Gasteiger charge is 2.32. The van der Waals surface area contributed by atoms with Gasteiger partial charge in [-0.3, -0.25) is 29.0 Å². The van der Waals surface area contributed by atoms with Gasteiger partial charge in [-0.05, 0) is 25.2 Å². The molecule has 18 heteroatoms. The van der Waals surface area contributed by atoms with Crippen LogP contribution in [0.2, 0.25) is 0 Å². The van der Waals surface area contributed by atoms with Crippen LogP contribution in [0, 0.1) is 5.92 Å². The van der Waals surface area contributed by atoms with E-state index in [9.17, 15) is 39.0 Å². The number of carbonyl (C=O) groups is 6. The molecular formula is C22H41N9O8S. The van der Waals surface area contributed by atoms with Crippen LogP contribution in [0.3, 0.4) is 0 Å². The monoisotopic (exact) mass is 591 g/mol. The van der Waals surface area contributed by atoms with Crippen molar-refractivity contribution < 1.29 is 39.0 Å². The van der Waals surface area contributed by atoms with Gasteiger partial charge in [0.25, 0.3) is 0 Å². The second kappa shape index (κ2) is 18.6. The zero-order valence-electron chi connectivity index (χ0n) is 22.5. The third kappa shape index (κ3) is 13.9. The molecule has 0 aromatic carbocycles. The van der Waals surface area contributed by atoms with Gasteiger partial charge in [0.05, 0.1) is 12.6 Å². The van der Waals surface area contributed by atoms with E-state index < -0.39 is 78.2 Å². The van der Waals surface area contributed by atoms with E-state index in [2.05, 4.69) is 38.9 Å². The molecule has 0 aliphatic rings. The molecule has 0 rings (SSSR count). The lowest BCUT2D eigenvalue weighted by atomic mass is 10.0. The number of aliphatic hydroxyl groups is 1. The predicted octanol–water partition coefficient (Wildman–Crippen LogP) is -4.77. The Balaban J connectivity index is 5.49. The van der Waals surface area contributed by atoms with Crippen molar-refractivity contribution in [2.24, 2.45) is 33.8 Å². The first-order valence-corrected chi connectivity index (χ1v) is 13.0. The van der Waals surface area contributed by atoms with Gasteiger partial charge in [-0.15, -0.1) is 0 Å². The van der Waals surface area contributed by atoms with Crippen molar-refractivity contribution in [1.82, 2.24) is 21.3 Å². The number of hydrogen-bond acceptors (Lipinski definition) is 10. The maximum Gasteiger partial charge on any atom is 0.326 e. The first-order chi connectivity index (χ1) is 18.6. The highest BCUT2D eigenvalue weighted by Crippen LogP contribution is 2.06. The first kappa shape index (κ1) is 36.4.